The molecule has 0 amide bonds. The summed E-state index contributed by atoms with van der Waals surface area (Å²) < 4.78 is 0. The van der Waals surface area contributed by atoms with Crippen molar-refractivity contribution in [1.82, 2.24) is 4.98 Å². The summed E-state index contributed by atoms with van der Waals surface area (Å²) in [4.78, 5) is 4.15. The van der Waals surface area contributed by atoms with Gasteiger partial charge in [0.15, 0.2) is 0 Å². The van der Waals surface area contributed by atoms with Crippen LogP contribution in [0.3, 0.4) is 0 Å². The van der Waals surface area contributed by atoms with Crippen molar-refractivity contribution in [2.45, 2.75) is 38.5 Å². The van der Waals surface area contributed by atoms with E-state index in [-0.39, 0.29) is 0 Å². The number of aromatic nitrogens is 1. The van der Waals surface area contributed by atoms with Crippen LogP contribution < -0.4 is 0 Å². The number of halogens is 1. The topological polar surface area (TPSA) is 12.9 Å². The van der Waals surface area contributed by atoms with Crippen LogP contribution in [0.15, 0.2) is 18.3 Å². The lowest BCUT2D eigenvalue weighted by Gasteiger charge is -2.28. The molecule has 1 saturated carbocycles. The molecule has 0 aliphatic heterocycles. The molecule has 2 atom stereocenters. The lowest BCUT2D eigenvalue weighted by atomic mass is 9.77. The minimum Gasteiger partial charge on any atom is -0.244 e. The van der Waals surface area contributed by atoms with Gasteiger partial charge in [0.2, 0.25) is 0 Å². The lowest BCUT2D eigenvalue weighted by Crippen LogP contribution is -2.14. The molecule has 0 N–H and O–H groups in total. The lowest BCUT2D eigenvalue weighted by molar-refractivity contribution is 0.330. The second-order valence-corrected chi connectivity index (χ2v) is 4.67. The first kappa shape index (κ1) is 9.97. The molecular formula is C12H16ClN. The van der Waals surface area contributed by atoms with Crippen molar-refractivity contribution >= 4 is 11.6 Å². The second kappa shape index (κ2) is 4.31. The highest BCUT2D eigenvalue weighted by molar-refractivity contribution is 6.29. The van der Waals surface area contributed by atoms with Crippen LogP contribution in [-0.4, -0.2) is 4.98 Å². The summed E-state index contributed by atoms with van der Waals surface area (Å²) in [7, 11) is 0. The first-order valence-electron chi connectivity index (χ1n) is 5.39. The summed E-state index contributed by atoms with van der Waals surface area (Å²) in [5.74, 6) is 1.50. The van der Waals surface area contributed by atoms with Crippen LogP contribution in [0, 0.1) is 5.92 Å². The Bertz CT molecular complexity index is 294. The van der Waals surface area contributed by atoms with Gasteiger partial charge in [0.1, 0.15) is 5.15 Å². The Kier molecular flexibility index (Phi) is 3.07. The third kappa shape index (κ3) is 2.09. The fourth-order valence-corrected chi connectivity index (χ4v) is 2.53. The van der Waals surface area contributed by atoms with Crippen molar-refractivity contribution in [3.8, 4) is 0 Å². The van der Waals surface area contributed by atoms with Gasteiger partial charge in [-0.25, -0.2) is 4.98 Å². The third-order valence-corrected chi connectivity index (χ3v) is 3.51. The van der Waals surface area contributed by atoms with E-state index in [1.54, 1.807) is 0 Å². The van der Waals surface area contributed by atoms with Crippen molar-refractivity contribution in [3.63, 3.8) is 0 Å². The molecule has 0 saturated heterocycles. The van der Waals surface area contributed by atoms with Crippen molar-refractivity contribution in [2.24, 2.45) is 5.92 Å². The van der Waals surface area contributed by atoms with Gasteiger partial charge >= 0.3 is 0 Å². The monoisotopic (exact) mass is 209 g/mol. The molecule has 1 aromatic rings. The van der Waals surface area contributed by atoms with E-state index in [1.165, 1.54) is 31.2 Å². The molecule has 2 rings (SSSR count). The zero-order chi connectivity index (χ0) is 9.97. The van der Waals surface area contributed by atoms with Crippen LogP contribution in [0.1, 0.15) is 44.1 Å². The Morgan fingerprint density at radius 3 is 2.71 bits per heavy atom. The van der Waals surface area contributed by atoms with Crippen molar-refractivity contribution in [2.75, 3.05) is 0 Å². The number of rotatable bonds is 1. The molecule has 0 radical (unpaired) electrons. The van der Waals surface area contributed by atoms with Crippen LogP contribution in [0.5, 0.6) is 0 Å². The summed E-state index contributed by atoms with van der Waals surface area (Å²) in [6, 6.07) is 4.03. The third-order valence-electron chi connectivity index (χ3n) is 3.29. The number of hydrogen-bond acceptors (Lipinski definition) is 1. The van der Waals surface area contributed by atoms with Gasteiger partial charge in [0.25, 0.3) is 0 Å². The molecule has 2 heteroatoms. The second-order valence-electron chi connectivity index (χ2n) is 4.28. The van der Waals surface area contributed by atoms with Gasteiger partial charge in [-0.2, -0.15) is 0 Å². The van der Waals surface area contributed by atoms with Gasteiger partial charge in [0, 0.05) is 6.20 Å². The van der Waals surface area contributed by atoms with Crippen LogP contribution in [0.4, 0.5) is 0 Å². The quantitative estimate of drug-likeness (QED) is 0.637. The molecule has 0 spiro atoms. The zero-order valence-electron chi connectivity index (χ0n) is 8.54. The molecule has 1 aliphatic rings. The minimum atomic E-state index is 0.595. The van der Waals surface area contributed by atoms with Crippen LogP contribution in [0.2, 0.25) is 5.15 Å². The highest BCUT2D eigenvalue weighted by Crippen LogP contribution is 2.37. The van der Waals surface area contributed by atoms with Crippen molar-refractivity contribution < 1.29 is 0 Å². The predicted molar refractivity (Wildman–Crippen MR) is 59.6 cm³/mol. The predicted octanol–water partition coefficient (Wildman–Crippen LogP) is 4.03. The number of nitrogens with zero attached hydrogens (tertiary/aromatic N) is 1. The summed E-state index contributed by atoms with van der Waals surface area (Å²) in [6.45, 7) is 2.35. The minimum absolute atomic E-state index is 0.595. The van der Waals surface area contributed by atoms with Gasteiger partial charge in [0.05, 0.1) is 0 Å². The Balaban J connectivity index is 2.16. The van der Waals surface area contributed by atoms with E-state index >= 15 is 0 Å². The maximum atomic E-state index is 5.78. The van der Waals surface area contributed by atoms with E-state index in [2.05, 4.69) is 18.0 Å². The van der Waals surface area contributed by atoms with E-state index in [0.717, 1.165) is 5.92 Å². The van der Waals surface area contributed by atoms with E-state index in [1.807, 2.05) is 12.3 Å². The maximum absolute atomic E-state index is 5.78. The Morgan fingerprint density at radius 1 is 1.29 bits per heavy atom. The van der Waals surface area contributed by atoms with Gasteiger partial charge < -0.3 is 0 Å². The largest absolute Gasteiger partial charge is 0.244 e. The number of hydrogen-bond donors (Lipinski definition) is 0. The van der Waals surface area contributed by atoms with Crippen molar-refractivity contribution in [1.29, 1.82) is 0 Å². The summed E-state index contributed by atoms with van der Waals surface area (Å²) >= 11 is 5.78. The molecule has 0 aromatic carbocycles. The maximum Gasteiger partial charge on any atom is 0.129 e. The molecule has 1 aliphatic carbocycles. The first-order valence-corrected chi connectivity index (χ1v) is 5.76. The summed E-state index contributed by atoms with van der Waals surface area (Å²) in [5, 5.41) is 0.595. The Hall–Kier alpha value is -0.560. The van der Waals surface area contributed by atoms with Gasteiger partial charge in [-0.3, -0.25) is 0 Å². The fourth-order valence-electron chi connectivity index (χ4n) is 2.42. The Morgan fingerprint density at radius 2 is 2.07 bits per heavy atom. The molecular weight excluding hydrogens is 194 g/mol. The van der Waals surface area contributed by atoms with Crippen molar-refractivity contribution in [3.05, 3.63) is 29.0 Å². The average Bonchev–Trinajstić information content (AvgIpc) is 2.20. The van der Waals surface area contributed by atoms with Crippen LogP contribution in [0.25, 0.3) is 0 Å². The first-order chi connectivity index (χ1) is 6.77. The molecule has 1 fully saturated rings. The molecule has 76 valence electrons. The molecule has 1 aromatic heterocycles. The van der Waals surface area contributed by atoms with Crippen LogP contribution >= 0.6 is 11.6 Å². The Labute approximate surface area is 90.5 Å². The smallest absolute Gasteiger partial charge is 0.129 e. The SMILES string of the molecule is CC1CCCCC1c1ccc(Cl)nc1. The average molecular weight is 210 g/mol. The molecule has 0 bridgehead atoms. The number of pyridine rings is 1. The standard InChI is InChI=1S/C12H16ClN/c1-9-4-2-3-5-11(9)10-6-7-12(13)14-8-10/h6-9,11H,2-5H2,1H3. The highest BCUT2D eigenvalue weighted by atomic mass is 35.5. The molecule has 2 unspecified atom stereocenters. The highest BCUT2D eigenvalue weighted by Gasteiger charge is 2.22. The molecule has 14 heavy (non-hydrogen) atoms. The van der Waals surface area contributed by atoms with E-state index in [0.29, 0.717) is 11.1 Å². The van der Waals surface area contributed by atoms with E-state index < -0.39 is 0 Å². The van der Waals surface area contributed by atoms with E-state index in [9.17, 15) is 0 Å². The van der Waals surface area contributed by atoms with Gasteiger partial charge in [-0.1, -0.05) is 43.9 Å². The summed E-state index contributed by atoms with van der Waals surface area (Å²) in [5.41, 5.74) is 1.36. The zero-order valence-corrected chi connectivity index (χ0v) is 9.30. The van der Waals surface area contributed by atoms with Gasteiger partial charge in [-0.05, 0) is 29.9 Å². The van der Waals surface area contributed by atoms with E-state index in [4.69, 9.17) is 11.6 Å². The fraction of sp³-hybridized carbons (Fsp3) is 0.583. The van der Waals surface area contributed by atoms with Gasteiger partial charge in [-0.15, -0.1) is 0 Å². The molecule has 1 nitrogen and oxygen atoms in total. The normalized spacial score (nSPS) is 27.6. The summed E-state index contributed by atoms with van der Waals surface area (Å²) in [6.07, 6.45) is 7.35. The molecule has 1 heterocycles. The van der Waals surface area contributed by atoms with Crippen LogP contribution in [-0.2, 0) is 0 Å².